The van der Waals surface area contributed by atoms with Gasteiger partial charge in [0.2, 0.25) is 41.1 Å². The van der Waals surface area contributed by atoms with Crippen molar-refractivity contribution in [2.45, 2.75) is 92.7 Å². The molecule has 0 radical (unpaired) electrons. The normalized spacial score (nSPS) is 12.9. The summed E-state index contributed by atoms with van der Waals surface area (Å²) in [6, 6.07) is 5.69. The lowest BCUT2D eigenvalue weighted by Crippen LogP contribution is -2.39. The first-order valence-electron chi connectivity index (χ1n) is 26.8. The number of allylic oxidation sites excluding steroid dienone is 2. The fraction of sp³-hybridized carbons (Fsp3) is 0.375. The van der Waals surface area contributed by atoms with Crippen molar-refractivity contribution in [2.75, 3.05) is 44.0 Å². The number of Topliss-reactive ketones (excluding diaryl/α,β-unsaturated/α-hetero) is 2. The molecule has 0 spiro atoms. The van der Waals surface area contributed by atoms with Crippen molar-refractivity contribution < 1.29 is 80.9 Å². The van der Waals surface area contributed by atoms with Crippen molar-refractivity contribution in [1.82, 2.24) is 39.3 Å². The number of benzene rings is 2. The van der Waals surface area contributed by atoms with Crippen LogP contribution in [0.15, 0.2) is 57.4 Å². The molecule has 1 aliphatic rings. The highest BCUT2D eigenvalue weighted by atomic mass is 16.5. The van der Waals surface area contributed by atoms with Gasteiger partial charge in [-0.15, -0.1) is 0 Å². The largest absolute Gasteiger partial charge is 0.494 e. The number of carboxylic acid groups (broad SMARTS) is 1. The van der Waals surface area contributed by atoms with Gasteiger partial charge in [0.25, 0.3) is 23.6 Å². The number of hydrogen-bond donors (Lipinski definition) is 6. The molecule has 2 atom stereocenters. The smallest absolute Gasteiger partial charge is 0.309 e. The van der Waals surface area contributed by atoms with Crippen LogP contribution in [0.4, 0.5) is 11.9 Å². The summed E-state index contributed by atoms with van der Waals surface area (Å²) >= 11 is 0. The van der Waals surface area contributed by atoms with E-state index in [1.807, 2.05) is 6.92 Å². The standard InChI is InChI=1S/C56H62N12O17/c1-7-36-47(84-29(4)60-36)52(78)64-55-62-38-22-32(49(57)75)24-40(81-6)45(38)66(55)16-9-10-17-67-46-39(63-56(67)65-53(79)48-37(8-2)61-30(5)85-48)23-33(50(58)76)25-41(46)82-18-11-19-83-54(80)28(3)20-34(69)26-59-51(77)31(12-15-44(73)74)21-35(70)27-68-42(71)13-14-43(68)72/h9-10,13-14,22-25,28,31H,7-8,11-12,15-21,26-27H2,1-6H3,(H2,57,75)(H2,58,76)(H,59,77)(H,73,74)(H,62,64,78)(H,63,65,79)/b10-9+/t28-,31+/m0/s1. The van der Waals surface area contributed by atoms with E-state index in [0.29, 0.717) is 34.6 Å². The summed E-state index contributed by atoms with van der Waals surface area (Å²) in [6.07, 6.45) is 4.62. The molecule has 6 aromatic rings. The molecule has 85 heavy (non-hydrogen) atoms. The molecule has 0 unspecified atom stereocenters. The summed E-state index contributed by atoms with van der Waals surface area (Å²) < 4.78 is 31.9. The fourth-order valence-electron chi connectivity index (χ4n) is 9.12. The fourth-order valence-corrected chi connectivity index (χ4v) is 9.12. The third-order valence-electron chi connectivity index (χ3n) is 13.3. The Morgan fingerprint density at radius 1 is 0.718 bits per heavy atom. The van der Waals surface area contributed by atoms with Crippen molar-refractivity contribution in [3.63, 3.8) is 0 Å². The summed E-state index contributed by atoms with van der Waals surface area (Å²) in [5.41, 5.74) is 13.4. The number of imidazole rings is 2. The Morgan fingerprint density at radius 3 is 1.73 bits per heavy atom. The molecule has 7 rings (SSSR count). The molecule has 29 heteroatoms. The zero-order valence-corrected chi connectivity index (χ0v) is 47.2. The maximum Gasteiger partial charge on any atom is 0.309 e. The van der Waals surface area contributed by atoms with E-state index >= 15 is 0 Å². The molecule has 8 N–H and O–H groups in total. The minimum atomic E-state index is -1.24. The van der Waals surface area contributed by atoms with Gasteiger partial charge in [0.1, 0.15) is 22.5 Å². The number of primary amides is 2. The van der Waals surface area contributed by atoms with E-state index in [4.69, 9.17) is 34.5 Å². The van der Waals surface area contributed by atoms with Gasteiger partial charge in [-0.25, -0.2) is 19.9 Å². The number of esters is 1. The van der Waals surface area contributed by atoms with Crippen LogP contribution in [0.2, 0.25) is 0 Å². The number of amides is 7. The summed E-state index contributed by atoms with van der Waals surface area (Å²) in [5, 5.41) is 17.2. The SMILES string of the molecule is CCc1nc(C)oc1C(=O)Nc1nc2cc(C(N)=O)cc(OC)c2n1C/C=C/Cn1c(NC(=O)c2oc(C)nc2CC)nc2cc(C(N)=O)cc(OCCCOC(=O)[C@@H](C)CC(=O)CNC(=O)[C@H](CCC(=O)O)CC(=O)CN3C(=O)C=CC3=O)c21. The highest BCUT2D eigenvalue weighted by Crippen LogP contribution is 2.34. The van der Waals surface area contributed by atoms with Crippen molar-refractivity contribution in [2.24, 2.45) is 23.3 Å². The van der Waals surface area contributed by atoms with Crippen LogP contribution in [0, 0.1) is 25.7 Å². The molecule has 0 saturated heterocycles. The van der Waals surface area contributed by atoms with Crippen molar-refractivity contribution in [3.8, 4) is 11.5 Å². The van der Waals surface area contributed by atoms with Crippen molar-refractivity contribution in [3.05, 3.63) is 94.4 Å². The number of carboxylic acids is 1. The number of nitrogens with one attached hydrogen (secondary N) is 3. The Balaban J connectivity index is 1.06. The highest BCUT2D eigenvalue weighted by molar-refractivity contribution is 6.14. The van der Waals surface area contributed by atoms with E-state index in [9.17, 15) is 57.8 Å². The number of anilines is 2. The molecule has 5 heterocycles. The van der Waals surface area contributed by atoms with Gasteiger partial charge in [-0.1, -0.05) is 32.9 Å². The average molecular weight is 1180 g/mol. The van der Waals surface area contributed by atoms with Crippen LogP contribution in [-0.2, 0) is 64.2 Å². The summed E-state index contributed by atoms with van der Waals surface area (Å²) in [7, 11) is 1.39. The first-order chi connectivity index (χ1) is 40.5. The maximum absolute atomic E-state index is 13.9. The maximum atomic E-state index is 13.9. The molecule has 2 aromatic carbocycles. The Morgan fingerprint density at radius 2 is 1.24 bits per heavy atom. The topological polar surface area (TPSA) is 415 Å². The number of aliphatic carboxylic acids is 1. The van der Waals surface area contributed by atoms with Gasteiger partial charge >= 0.3 is 11.9 Å². The number of aromatic nitrogens is 6. The van der Waals surface area contributed by atoms with Crippen molar-refractivity contribution >= 4 is 98.8 Å². The summed E-state index contributed by atoms with van der Waals surface area (Å²) in [5.74, 6) is -9.77. The lowest BCUT2D eigenvalue weighted by molar-refractivity contribution is -0.149. The van der Waals surface area contributed by atoms with Gasteiger partial charge in [-0.05, 0) is 43.5 Å². The van der Waals surface area contributed by atoms with Crippen molar-refractivity contribution in [1.29, 1.82) is 0 Å². The van der Waals surface area contributed by atoms with Gasteiger partial charge in [-0.3, -0.25) is 68.3 Å². The second kappa shape index (κ2) is 27.6. The number of fused-ring (bicyclic) bond motifs is 2. The second-order valence-corrected chi connectivity index (χ2v) is 19.5. The van der Waals surface area contributed by atoms with Crippen LogP contribution in [-0.4, -0.2) is 137 Å². The lowest BCUT2D eigenvalue weighted by atomic mass is 9.95. The number of aryl methyl sites for hydroxylation is 4. The molecule has 0 fully saturated rings. The number of oxazole rings is 2. The Bertz CT molecular complexity index is 3700. The van der Waals surface area contributed by atoms with E-state index in [1.165, 1.54) is 38.3 Å². The molecule has 448 valence electrons. The van der Waals surface area contributed by atoms with E-state index in [2.05, 4.69) is 35.9 Å². The Kier molecular flexibility index (Phi) is 20.2. The van der Waals surface area contributed by atoms with Crippen LogP contribution in [0.25, 0.3) is 22.1 Å². The average Bonchev–Trinajstić information content (AvgIpc) is 1.87. The molecule has 29 nitrogen and oxygen atoms in total. The van der Waals surface area contributed by atoms with Gasteiger partial charge in [0.15, 0.2) is 23.3 Å². The number of ether oxygens (including phenoxy) is 3. The minimum absolute atomic E-state index is 0.00250. The molecular weight excluding hydrogens is 1110 g/mol. The van der Waals surface area contributed by atoms with E-state index < -0.39 is 103 Å². The number of imide groups is 1. The Labute approximate surface area is 483 Å². The monoisotopic (exact) mass is 1170 g/mol. The number of carbonyl (C=O) groups is 11. The third kappa shape index (κ3) is 15.2. The predicted molar refractivity (Wildman–Crippen MR) is 298 cm³/mol. The summed E-state index contributed by atoms with van der Waals surface area (Å²) in [6.45, 7) is 6.74. The van der Waals surface area contributed by atoms with E-state index in [1.54, 1.807) is 42.1 Å². The zero-order valence-electron chi connectivity index (χ0n) is 47.2. The lowest BCUT2D eigenvalue weighted by Gasteiger charge is -2.18. The molecule has 0 bridgehead atoms. The number of rotatable bonds is 31. The number of ketones is 2. The molecule has 1 aliphatic heterocycles. The Hall–Kier alpha value is -10.4. The molecule has 4 aromatic heterocycles. The van der Waals surface area contributed by atoms with E-state index in [0.717, 1.165) is 12.2 Å². The quantitative estimate of drug-likeness (QED) is 0.0157. The minimum Gasteiger partial charge on any atom is -0.494 e. The molecule has 0 saturated carbocycles. The molecule has 0 aliphatic carbocycles. The summed E-state index contributed by atoms with van der Waals surface area (Å²) in [4.78, 5) is 158. The highest BCUT2D eigenvalue weighted by Gasteiger charge is 2.31. The number of hydrogen-bond acceptors (Lipinski definition) is 20. The number of nitrogens with two attached hydrogens (primary N) is 2. The van der Waals surface area contributed by atoms with Crippen LogP contribution in [0.1, 0.15) is 118 Å². The van der Waals surface area contributed by atoms with Crippen LogP contribution in [0.5, 0.6) is 11.5 Å². The third-order valence-corrected chi connectivity index (χ3v) is 13.3. The first kappa shape index (κ1) is 62.3. The van der Waals surface area contributed by atoms with Gasteiger partial charge in [0.05, 0.1) is 61.8 Å². The van der Waals surface area contributed by atoms with Gasteiger partial charge < -0.3 is 54.1 Å². The second-order valence-electron chi connectivity index (χ2n) is 19.5. The van der Waals surface area contributed by atoms with Gasteiger partial charge in [-0.2, -0.15) is 0 Å². The van der Waals surface area contributed by atoms with Gasteiger partial charge in [0, 0.05) is 81.8 Å². The van der Waals surface area contributed by atoms with E-state index in [-0.39, 0.29) is 120 Å². The molecular formula is C56H62N12O17. The number of nitrogens with zero attached hydrogens (tertiary/aromatic N) is 7. The number of methoxy groups -OCH3 is 1. The molecule has 7 amide bonds. The van der Waals surface area contributed by atoms with Crippen LogP contribution in [0.3, 0.4) is 0 Å². The number of carbonyl (C=O) groups excluding carboxylic acids is 10. The van der Waals surface area contributed by atoms with Crippen LogP contribution < -0.4 is 36.9 Å². The first-order valence-corrected chi connectivity index (χ1v) is 26.8. The van der Waals surface area contributed by atoms with Crippen LogP contribution >= 0.6 is 0 Å². The predicted octanol–water partition coefficient (Wildman–Crippen LogP) is 3.46. The zero-order chi connectivity index (χ0) is 61.8.